The Balaban J connectivity index is 1.70. The number of rotatable bonds is 10. The van der Waals surface area contributed by atoms with Gasteiger partial charge in [0.15, 0.2) is 5.96 Å². The molecule has 7 heteroatoms. The van der Waals surface area contributed by atoms with Gasteiger partial charge in [-0.05, 0) is 24.3 Å². The Labute approximate surface area is 175 Å². The monoisotopic (exact) mass is 403 g/mol. The lowest BCUT2D eigenvalue weighted by molar-refractivity contribution is -0.119. The number of ether oxygens (including phenoxy) is 1. The van der Waals surface area contributed by atoms with Crippen LogP contribution in [0.5, 0.6) is 0 Å². The number of benzene rings is 1. The first kappa shape index (κ1) is 23.2. The van der Waals surface area contributed by atoms with Crippen molar-refractivity contribution in [3.8, 4) is 0 Å². The van der Waals surface area contributed by atoms with Gasteiger partial charge in [0.05, 0.1) is 19.8 Å². The molecule has 1 unspecified atom stereocenters. The zero-order chi connectivity index (χ0) is 20.9. The van der Waals surface area contributed by atoms with Crippen LogP contribution in [0.15, 0.2) is 35.3 Å². The number of aliphatic imine (C=N–C) groups is 1. The molecule has 1 aliphatic heterocycles. The highest BCUT2D eigenvalue weighted by Crippen LogP contribution is 2.12. The van der Waals surface area contributed by atoms with Crippen LogP contribution in [0.1, 0.15) is 25.8 Å². The summed E-state index contributed by atoms with van der Waals surface area (Å²) in [4.78, 5) is 18.8. The number of hydrogen-bond donors (Lipinski definition) is 3. The Morgan fingerprint density at radius 1 is 1.14 bits per heavy atom. The highest BCUT2D eigenvalue weighted by molar-refractivity contribution is 5.86. The number of nitrogens with zero attached hydrogens (tertiary/aromatic N) is 2. The second-order valence-electron chi connectivity index (χ2n) is 7.82. The van der Waals surface area contributed by atoms with E-state index >= 15 is 0 Å². The number of amides is 1. The van der Waals surface area contributed by atoms with E-state index in [2.05, 4.69) is 51.8 Å². The molecule has 1 amide bonds. The lowest BCUT2D eigenvalue weighted by atomic mass is 10.0. The summed E-state index contributed by atoms with van der Waals surface area (Å²) in [6.07, 6.45) is 1.94. The Bertz CT molecular complexity index is 615. The zero-order valence-electron chi connectivity index (χ0n) is 18.1. The molecular formula is C22H37N5O2. The lowest BCUT2D eigenvalue weighted by Gasteiger charge is -2.35. The standard InChI is InChI=1S/C22H37N5O2/c1-18(2)15-20(27-11-13-29-14-12-27)16-25-22(23-3)26-17-21(28)24-10-9-19-7-5-4-6-8-19/h4-8,18,20H,9-17H2,1-3H3,(H,24,28)(H2,23,25,26). The van der Waals surface area contributed by atoms with Crippen molar-refractivity contribution >= 4 is 11.9 Å². The Morgan fingerprint density at radius 3 is 2.52 bits per heavy atom. The number of carbonyl (C=O) groups excluding carboxylic acids is 1. The maximum atomic E-state index is 12.1. The predicted octanol–water partition coefficient (Wildman–Crippen LogP) is 1.26. The van der Waals surface area contributed by atoms with E-state index in [0.29, 0.717) is 24.5 Å². The maximum Gasteiger partial charge on any atom is 0.239 e. The third-order valence-corrected chi connectivity index (χ3v) is 5.03. The molecule has 7 nitrogen and oxygen atoms in total. The topological polar surface area (TPSA) is 78.0 Å². The summed E-state index contributed by atoms with van der Waals surface area (Å²) >= 11 is 0. The summed E-state index contributed by atoms with van der Waals surface area (Å²) < 4.78 is 5.48. The second-order valence-corrected chi connectivity index (χ2v) is 7.82. The minimum atomic E-state index is -0.0317. The molecule has 0 bridgehead atoms. The molecule has 0 radical (unpaired) electrons. The number of morpholine rings is 1. The van der Waals surface area contributed by atoms with Crippen molar-refractivity contribution in [1.82, 2.24) is 20.9 Å². The van der Waals surface area contributed by atoms with Gasteiger partial charge in [0, 0.05) is 39.3 Å². The predicted molar refractivity (Wildman–Crippen MR) is 118 cm³/mol. The quantitative estimate of drug-likeness (QED) is 0.405. The third-order valence-electron chi connectivity index (χ3n) is 5.03. The first-order valence-corrected chi connectivity index (χ1v) is 10.7. The van der Waals surface area contributed by atoms with Crippen molar-refractivity contribution in [3.63, 3.8) is 0 Å². The largest absolute Gasteiger partial charge is 0.379 e. The average molecular weight is 404 g/mol. The van der Waals surface area contributed by atoms with Crippen LogP contribution in [0.4, 0.5) is 0 Å². The van der Waals surface area contributed by atoms with Crippen LogP contribution in [-0.2, 0) is 16.0 Å². The molecule has 1 fully saturated rings. The first-order chi connectivity index (χ1) is 14.1. The van der Waals surface area contributed by atoms with Gasteiger partial charge in [0.1, 0.15) is 0 Å². The number of hydrogen-bond acceptors (Lipinski definition) is 4. The Hall–Kier alpha value is -2.12. The number of carbonyl (C=O) groups is 1. The molecule has 0 saturated carbocycles. The van der Waals surface area contributed by atoms with Crippen LogP contribution in [0.3, 0.4) is 0 Å². The van der Waals surface area contributed by atoms with Gasteiger partial charge < -0.3 is 20.7 Å². The van der Waals surface area contributed by atoms with E-state index in [1.54, 1.807) is 7.05 Å². The van der Waals surface area contributed by atoms with Crippen LogP contribution in [0.25, 0.3) is 0 Å². The summed E-state index contributed by atoms with van der Waals surface area (Å²) in [5.74, 6) is 1.25. The normalized spacial score (nSPS) is 16.5. The molecule has 1 aromatic rings. The molecule has 0 aliphatic carbocycles. The molecule has 29 heavy (non-hydrogen) atoms. The van der Waals surface area contributed by atoms with Gasteiger partial charge in [-0.15, -0.1) is 0 Å². The van der Waals surface area contributed by atoms with E-state index in [9.17, 15) is 4.79 Å². The number of nitrogens with one attached hydrogen (secondary N) is 3. The third kappa shape index (κ3) is 9.28. The SMILES string of the molecule is CN=C(NCC(=O)NCCc1ccccc1)NCC(CC(C)C)N1CCOCC1. The minimum Gasteiger partial charge on any atom is -0.379 e. The Morgan fingerprint density at radius 2 is 1.86 bits per heavy atom. The van der Waals surface area contributed by atoms with Gasteiger partial charge in [-0.2, -0.15) is 0 Å². The van der Waals surface area contributed by atoms with Crippen molar-refractivity contribution in [3.05, 3.63) is 35.9 Å². The highest BCUT2D eigenvalue weighted by Gasteiger charge is 2.22. The highest BCUT2D eigenvalue weighted by atomic mass is 16.5. The fourth-order valence-electron chi connectivity index (χ4n) is 3.50. The number of guanidine groups is 1. The summed E-state index contributed by atoms with van der Waals surface area (Å²) in [7, 11) is 1.73. The van der Waals surface area contributed by atoms with Crippen LogP contribution in [-0.4, -0.2) is 75.8 Å². The molecule has 1 aromatic carbocycles. The molecular weight excluding hydrogens is 366 g/mol. The molecule has 1 heterocycles. The van der Waals surface area contributed by atoms with Crippen molar-refractivity contribution in [2.75, 3.05) is 53.0 Å². The van der Waals surface area contributed by atoms with E-state index in [0.717, 1.165) is 45.7 Å². The molecule has 162 valence electrons. The summed E-state index contributed by atoms with van der Waals surface area (Å²) in [5.41, 5.74) is 1.22. The lowest BCUT2D eigenvalue weighted by Crippen LogP contribution is -2.51. The molecule has 3 N–H and O–H groups in total. The molecule has 1 saturated heterocycles. The first-order valence-electron chi connectivity index (χ1n) is 10.7. The summed E-state index contributed by atoms with van der Waals surface area (Å²) in [5, 5.41) is 9.45. The summed E-state index contributed by atoms with van der Waals surface area (Å²) in [6.45, 7) is 9.66. The van der Waals surface area contributed by atoms with Crippen molar-refractivity contribution in [2.45, 2.75) is 32.7 Å². The smallest absolute Gasteiger partial charge is 0.239 e. The van der Waals surface area contributed by atoms with Crippen LogP contribution in [0.2, 0.25) is 0 Å². The van der Waals surface area contributed by atoms with Crippen molar-refractivity contribution in [1.29, 1.82) is 0 Å². The molecule has 1 aliphatic rings. The van der Waals surface area contributed by atoms with Crippen LogP contribution in [0, 0.1) is 5.92 Å². The molecule has 1 atom stereocenters. The van der Waals surface area contributed by atoms with Gasteiger partial charge in [-0.1, -0.05) is 44.2 Å². The fraction of sp³-hybridized carbons (Fsp3) is 0.636. The maximum absolute atomic E-state index is 12.1. The van der Waals surface area contributed by atoms with Crippen LogP contribution >= 0.6 is 0 Å². The van der Waals surface area contributed by atoms with E-state index < -0.39 is 0 Å². The van der Waals surface area contributed by atoms with Crippen LogP contribution < -0.4 is 16.0 Å². The average Bonchev–Trinajstić information content (AvgIpc) is 2.74. The van der Waals surface area contributed by atoms with Gasteiger partial charge in [-0.25, -0.2) is 0 Å². The van der Waals surface area contributed by atoms with E-state index in [-0.39, 0.29) is 12.5 Å². The Kier molecular flexibility index (Phi) is 10.5. The fourth-order valence-corrected chi connectivity index (χ4v) is 3.50. The van der Waals surface area contributed by atoms with Crippen molar-refractivity contribution in [2.24, 2.45) is 10.9 Å². The molecule has 0 spiro atoms. The van der Waals surface area contributed by atoms with Gasteiger partial charge >= 0.3 is 0 Å². The van der Waals surface area contributed by atoms with E-state index in [1.165, 1.54) is 5.56 Å². The second kappa shape index (κ2) is 13.2. The van der Waals surface area contributed by atoms with Gasteiger partial charge in [-0.3, -0.25) is 14.7 Å². The molecule has 2 rings (SSSR count). The molecule has 0 aromatic heterocycles. The van der Waals surface area contributed by atoms with Crippen molar-refractivity contribution < 1.29 is 9.53 Å². The van der Waals surface area contributed by atoms with E-state index in [4.69, 9.17) is 4.74 Å². The van der Waals surface area contributed by atoms with Gasteiger partial charge in [0.25, 0.3) is 0 Å². The van der Waals surface area contributed by atoms with E-state index in [1.807, 2.05) is 18.2 Å². The van der Waals surface area contributed by atoms with Gasteiger partial charge in [0.2, 0.25) is 5.91 Å². The minimum absolute atomic E-state index is 0.0317. The summed E-state index contributed by atoms with van der Waals surface area (Å²) in [6, 6.07) is 10.6. The zero-order valence-corrected chi connectivity index (χ0v) is 18.1.